The molecule has 12 rings (SSSR count). The zero-order valence-corrected chi connectivity index (χ0v) is 55.1. The third-order valence-corrected chi connectivity index (χ3v) is 17.9. The molecule has 21 nitrogen and oxygen atoms in total. The molecule has 0 aliphatic carbocycles. The molecular formula is C70H91N11O10S. The Bertz CT molecular complexity index is 3580. The fraction of sp³-hybridized carbons (Fsp3) is 0.486. The normalized spacial score (nSPS) is 20.5. The molecule has 7 aromatic rings. The smallest absolute Gasteiger partial charge is 0.254 e. The Kier molecular flexibility index (Phi) is 24.0. The monoisotopic (exact) mass is 1280 g/mol. The van der Waals surface area contributed by atoms with E-state index in [2.05, 4.69) is 109 Å². The Hall–Kier alpha value is -8.05. The number of hydrogen-bond donors (Lipinski definition) is 1. The van der Waals surface area contributed by atoms with Gasteiger partial charge in [-0.1, -0.05) is 111 Å². The molecule has 5 fully saturated rings. The summed E-state index contributed by atoms with van der Waals surface area (Å²) in [5, 5.41) is -0.246. The van der Waals surface area contributed by atoms with Gasteiger partial charge in [-0.2, -0.15) is 19.9 Å². The average molecular weight is 1280 g/mol. The minimum absolute atomic E-state index is 0.0408. The van der Waals surface area contributed by atoms with E-state index < -0.39 is 9.84 Å². The Morgan fingerprint density at radius 1 is 0.500 bits per heavy atom. The molecule has 0 bridgehead atoms. The van der Waals surface area contributed by atoms with Crippen LogP contribution in [0.3, 0.4) is 0 Å². The van der Waals surface area contributed by atoms with Crippen LogP contribution in [0.2, 0.25) is 0 Å². The van der Waals surface area contributed by atoms with Crippen LogP contribution in [-0.4, -0.2) is 161 Å². The second kappa shape index (κ2) is 33.0. The number of nitrogens with one attached hydrogen (secondary N) is 1. The van der Waals surface area contributed by atoms with Crippen LogP contribution in [0.15, 0.2) is 137 Å². The van der Waals surface area contributed by atoms with Gasteiger partial charge in [0.05, 0.1) is 52.4 Å². The molecule has 5 aliphatic heterocycles. The number of nitrogens with zero attached hydrogens (tertiary/aromatic N) is 10. The molecule has 0 saturated carbocycles. The van der Waals surface area contributed by atoms with E-state index >= 15 is 0 Å². The Morgan fingerprint density at radius 3 is 1.41 bits per heavy atom. The van der Waals surface area contributed by atoms with Crippen molar-refractivity contribution in [3.8, 4) is 23.3 Å². The van der Waals surface area contributed by atoms with Crippen molar-refractivity contribution in [1.29, 1.82) is 0 Å². The van der Waals surface area contributed by atoms with Gasteiger partial charge in [-0.05, 0) is 106 Å². The molecule has 3 aromatic heterocycles. The molecule has 5 aliphatic rings. The summed E-state index contributed by atoms with van der Waals surface area (Å²) in [6, 6.07) is 42.7. The number of aromatic amines is 1. The van der Waals surface area contributed by atoms with E-state index in [4.69, 9.17) is 48.1 Å². The third-order valence-electron chi connectivity index (χ3n) is 17.1. The summed E-state index contributed by atoms with van der Waals surface area (Å²) < 4.78 is 63.4. The maximum absolute atomic E-state index is 12.4. The van der Waals surface area contributed by atoms with E-state index in [1.807, 2.05) is 66.4 Å². The van der Waals surface area contributed by atoms with Crippen molar-refractivity contribution in [3.05, 3.63) is 160 Å². The van der Waals surface area contributed by atoms with Gasteiger partial charge in [0, 0.05) is 88.9 Å². The summed E-state index contributed by atoms with van der Waals surface area (Å²) in [5.74, 6) is 6.09. The first-order chi connectivity index (χ1) is 44.7. The molecular weight excluding hydrogens is 1190 g/mol. The summed E-state index contributed by atoms with van der Waals surface area (Å²) in [7, 11) is -0.288. The number of H-pyrrole nitrogens is 1. The lowest BCUT2D eigenvalue weighted by Gasteiger charge is -2.34. The fourth-order valence-electron chi connectivity index (χ4n) is 12.2. The van der Waals surface area contributed by atoms with Crippen molar-refractivity contribution in [3.63, 3.8) is 0 Å². The van der Waals surface area contributed by atoms with Gasteiger partial charge in [-0.3, -0.25) is 9.78 Å². The molecule has 0 amide bonds. The van der Waals surface area contributed by atoms with Crippen LogP contribution < -0.4 is 49.0 Å². The highest BCUT2D eigenvalue weighted by Gasteiger charge is 2.29. The van der Waals surface area contributed by atoms with Crippen LogP contribution in [-0.2, 0) is 50.1 Å². The standard InChI is InChI=1S/C30H38N4O3.C22H30N4O2.C18H23N3O5S/c1-23-21-33(17-18-36-23)28-20-29(37-22-25-12-14-27(35-2)15-13-25)32-30(31-28)34-16-8-4-7-11-26(34)19-24-9-5-3-6-10-24;1-17-16-25(12-13-28-17)20-15-21(27)24-22(23-20)26-11-7-3-6-10-19(26)14-18-8-4-2-5-9-18;1-13-11-21(8-9-25-13)16-10-17(20-18(19-16)27(3,22)23)26-12-14-4-6-15(24-2)7-5-14/h3,5-6,9-10,12-15,20,23,26H,4,7-8,11,16-19,21-22H2,1-2H3;2,4-5,8-9,15,17,19H,3,6-7,10-14,16H2,1H3,(H,23,24,27);4-7,10,13H,8-9,11-12H2,1-3H3/t23-,26-;17-,19-;13-/m111/s1. The molecule has 5 atom stereocenters. The van der Waals surface area contributed by atoms with Crippen LogP contribution in [0.4, 0.5) is 29.4 Å². The van der Waals surface area contributed by atoms with Crippen molar-refractivity contribution in [2.75, 3.05) is 117 Å². The second-order valence-electron chi connectivity index (χ2n) is 24.3. The topological polar surface area (TPSA) is 212 Å². The van der Waals surface area contributed by atoms with Crippen LogP contribution in [0.5, 0.6) is 23.3 Å². The first-order valence-corrected chi connectivity index (χ1v) is 34.4. The Morgan fingerprint density at radius 2 is 0.946 bits per heavy atom. The largest absolute Gasteiger partial charge is 0.497 e. The van der Waals surface area contributed by atoms with Crippen molar-refractivity contribution < 1.29 is 41.6 Å². The van der Waals surface area contributed by atoms with Crippen LogP contribution in [0.25, 0.3) is 0 Å². The predicted octanol–water partition coefficient (Wildman–Crippen LogP) is 9.96. The van der Waals surface area contributed by atoms with Gasteiger partial charge in [-0.25, -0.2) is 13.4 Å². The number of ether oxygens (including phenoxy) is 7. The summed E-state index contributed by atoms with van der Waals surface area (Å²) in [6.45, 7) is 15.1. The van der Waals surface area contributed by atoms with Crippen LogP contribution in [0, 0.1) is 0 Å². The number of rotatable bonds is 18. The van der Waals surface area contributed by atoms with E-state index in [0.29, 0.717) is 69.2 Å². The maximum Gasteiger partial charge on any atom is 0.254 e. The van der Waals surface area contributed by atoms with Gasteiger partial charge >= 0.3 is 0 Å². The average Bonchev–Trinajstić information content (AvgIpc) is 1.21. The Balaban J connectivity index is 0.000000154. The maximum atomic E-state index is 12.4. The van der Waals surface area contributed by atoms with E-state index in [9.17, 15) is 13.2 Å². The number of benzene rings is 4. The third kappa shape index (κ3) is 19.5. The van der Waals surface area contributed by atoms with Crippen molar-refractivity contribution in [2.45, 2.75) is 134 Å². The van der Waals surface area contributed by atoms with Gasteiger partial charge in [-0.15, -0.1) is 0 Å². The molecule has 8 heterocycles. The fourth-order valence-corrected chi connectivity index (χ4v) is 12.7. The minimum Gasteiger partial charge on any atom is -0.497 e. The van der Waals surface area contributed by atoms with Gasteiger partial charge < -0.3 is 57.7 Å². The molecule has 0 spiro atoms. The van der Waals surface area contributed by atoms with Crippen LogP contribution >= 0.6 is 0 Å². The molecule has 22 heteroatoms. The second-order valence-corrected chi connectivity index (χ2v) is 26.2. The van der Waals surface area contributed by atoms with Crippen molar-refractivity contribution >= 4 is 39.2 Å². The van der Waals surface area contributed by atoms with Gasteiger partial charge in [0.1, 0.15) is 42.2 Å². The first-order valence-electron chi connectivity index (χ1n) is 32.5. The lowest BCUT2D eigenvalue weighted by atomic mass is 10.0. The van der Waals surface area contributed by atoms with E-state index in [0.717, 1.165) is 124 Å². The lowest BCUT2D eigenvalue weighted by Crippen LogP contribution is -2.43. The van der Waals surface area contributed by atoms with Crippen molar-refractivity contribution in [2.24, 2.45) is 0 Å². The highest BCUT2D eigenvalue weighted by atomic mass is 32.2. The van der Waals surface area contributed by atoms with Gasteiger partial charge in [0.25, 0.3) is 10.7 Å². The molecule has 0 unspecified atom stereocenters. The summed E-state index contributed by atoms with van der Waals surface area (Å²) in [4.78, 5) is 49.9. The van der Waals surface area contributed by atoms with E-state index in [1.54, 1.807) is 26.4 Å². The Labute approximate surface area is 542 Å². The van der Waals surface area contributed by atoms with Gasteiger partial charge in [0.2, 0.25) is 33.5 Å². The highest BCUT2D eigenvalue weighted by Crippen LogP contribution is 2.31. The minimum atomic E-state index is -3.57. The number of methoxy groups -OCH3 is 2. The molecule has 92 heavy (non-hydrogen) atoms. The van der Waals surface area contributed by atoms with E-state index in [1.165, 1.54) is 36.8 Å². The number of hydrogen-bond acceptors (Lipinski definition) is 20. The molecule has 0 radical (unpaired) electrons. The molecule has 1 N–H and O–H groups in total. The highest BCUT2D eigenvalue weighted by molar-refractivity contribution is 7.90. The first kappa shape index (κ1) is 66.9. The number of sulfone groups is 1. The number of anilines is 5. The quantitative estimate of drug-likeness (QED) is 0.0792. The van der Waals surface area contributed by atoms with Crippen molar-refractivity contribution in [1.82, 2.24) is 29.9 Å². The molecule has 5 saturated heterocycles. The van der Waals surface area contributed by atoms with Gasteiger partial charge in [0.15, 0.2) is 0 Å². The summed E-state index contributed by atoms with van der Waals surface area (Å²) >= 11 is 0. The van der Waals surface area contributed by atoms with E-state index in [-0.39, 0.29) is 41.5 Å². The molecule has 4 aromatic carbocycles. The zero-order valence-electron chi connectivity index (χ0n) is 54.2. The predicted molar refractivity (Wildman–Crippen MR) is 359 cm³/mol. The SMILES string of the molecule is COc1ccc(COc2cc(N3CCO[C@H](C)C3)nc(N3CCCCC[C@@H]3Cc3ccccc3)n2)cc1.COc1ccc(COc2cc(N3CCO[C@H](C)C3)nc(S(C)(=O)=O)n2)cc1.C[C@@H]1CN(c2cc(=O)[nH]c(N3CCCCC[C@@H]3Cc3ccccc3)n2)CCO1. The number of aromatic nitrogens is 6. The zero-order chi connectivity index (χ0) is 64.2. The lowest BCUT2D eigenvalue weighted by molar-refractivity contribution is 0.0527. The summed E-state index contributed by atoms with van der Waals surface area (Å²) in [6.07, 6.45) is 12.9. The number of morpholine rings is 3. The molecule has 492 valence electrons. The van der Waals surface area contributed by atoms with Crippen LogP contribution in [0.1, 0.15) is 94.4 Å². The summed E-state index contributed by atoms with van der Waals surface area (Å²) in [5.41, 5.74) is 4.59.